The smallest absolute Gasteiger partial charge is 0.259 e. The van der Waals surface area contributed by atoms with Gasteiger partial charge in [0.1, 0.15) is 12.2 Å². The third-order valence-electron chi connectivity index (χ3n) is 4.82. The number of phenolic OH excluding ortho intramolecular Hbond substituents is 1. The monoisotopic (exact) mass is 458 g/mol. The molecule has 0 aliphatic carbocycles. The number of phenols is 1. The lowest BCUT2D eigenvalue weighted by Crippen LogP contribution is -2.19. The van der Waals surface area contributed by atoms with Gasteiger partial charge in [0.15, 0.2) is 11.6 Å². The Bertz CT molecular complexity index is 1400. The zero-order chi connectivity index (χ0) is 23.4. The van der Waals surface area contributed by atoms with Crippen LogP contribution in [0, 0.1) is 0 Å². The van der Waals surface area contributed by atoms with Gasteiger partial charge in [-0.05, 0) is 29.4 Å². The molecule has 0 saturated heterocycles. The first kappa shape index (κ1) is 21.9. The lowest BCUT2D eigenvalue weighted by Gasteiger charge is -2.11. The minimum absolute atomic E-state index is 0.0454. The molecule has 33 heavy (non-hydrogen) atoms. The first-order valence-corrected chi connectivity index (χ1v) is 10.4. The SMILES string of the molecule is NC(=O)Cn1ncc(C=P)c1N=Nc1c(O)c(C(=O)Nc2ccccc2)cc2ccccc12. The van der Waals surface area contributed by atoms with Crippen LogP contribution in [0.1, 0.15) is 15.9 Å². The maximum Gasteiger partial charge on any atom is 0.259 e. The Hall–Kier alpha value is -4.36. The number of benzene rings is 3. The highest BCUT2D eigenvalue weighted by molar-refractivity contribution is 7.19. The van der Waals surface area contributed by atoms with Gasteiger partial charge in [0.25, 0.3) is 5.91 Å². The van der Waals surface area contributed by atoms with Crippen molar-refractivity contribution in [2.45, 2.75) is 6.54 Å². The highest BCUT2D eigenvalue weighted by Gasteiger charge is 2.19. The van der Waals surface area contributed by atoms with Crippen molar-refractivity contribution in [2.24, 2.45) is 16.0 Å². The Kier molecular flexibility index (Phi) is 6.24. The number of rotatable bonds is 7. The molecule has 10 heteroatoms. The zero-order valence-electron chi connectivity index (χ0n) is 17.3. The highest BCUT2D eigenvalue weighted by atomic mass is 31.0. The standard InChI is InChI=1S/C23H19N6O3P/c24-19(30)12-29-22(15(13-33)11-25-29)28-27-20-17-9-5-4-6-14(17)10-18(21(20)31)23(32)26-16-7-2-1-3-8-16/h1-11,13,31,33H,12H2,(H2,24,30)(H,26,32). The summed E-state index contributed by atoms with van der Waals surface area (Å²) in [5, 5.41) is 27.6. The van der Waals surface area contributed by atoms with Crippen LogP contribution in [0.5, 0.6) is 5.75 Å². The number of carbonyl (C=O) groups excluding carboxylic acids is 2. The van der Waals surface area contributed by atoms with Gasteiger partial charge >= 0.3 is 0 Å². The van der Waals surface area contributed by atoms with Crippen LogP contribution >= 0.6 is 8.86 Å². The molecule has 2 amide bonds. The van der Waals surface area contributed by atoms with Gasteiger partial charge in [-0.25, -0.2) is 4.68 Å². The van der Waals surface area contributed by atoms with Crippen LogP contribution < -0.4 is 11.1 Å². The molecule has 4 rings (SSSR count). The summed E-state index contributed by atoms with van der Waals surface area (Å²) in [6.45, 7) is -0.194. The lowest BCUT2D eigenvalue weighted by atomic mass is 10.0. The van der Waals surface area contributed by atoms with Crippen molar-refractivity contribution >= 4 is 54.4 Å². The van der Waals surface area contributed by atoms with E-state index in [4.69, 9.17) is 5.73 Å². The van der Waals surface area contributed by atoms with Crippen molar-refractivity contribution in [2.75, 3.05) is 5.32 Å². The second-order valence-electron chi connectivity index (χ2n) is 7.05. The molecule has 3 aromatic carbocycles. The molecule has 4 N–H and O–H groups in total. The zero-order valence-corrected chi connectivity index (χ0v) is 18.3. The van der Waals surface area contributed by atoms with Gasteiger partial charge in [0.05, 0.1) is 11.8 Å². The van der Waals surface area contributed by atoms with Gasteiger partial charge in [0, 0.05) is 16.6 Å². The number of aromatic hydroxyl groups is 1. The fourth-order valence-electron chi connectivity index (χ4n) is 3.28. The number of azo groups is 1. The molecule has 1 heterocycles. The van der Waals surface area contributed by atoms with Crippen molar-refractivity contribution in [3.05, 3.63) is 78.0 Å². The van der Waals surface area contributed by atoms with Crippen molar-refractivity contribution < 1.29 is 14.7 Å². The number of fused-ring (bicyclic) bond motifs is 1. The van der Waals surface area contributed by atoms with Crippen LogP contribution in [0.4, 0.5) is 17.2 Å². The summed E-state index contributed by atoms with van der Waals surface area (Å²) in [5.41, 5.74) is 6.59. The number of para-hydroxylation sites is 1. The van der Waals surface area contributed by atoms with Crippen molar-refractivity contribution in [1.29, 1.82) is 0 Å². The van der Waals surface area contributed by atoms with Crippen LogP contribution in [0.15, 0.2) is 77.1 Å². The fourth-order valence-corrected chi connectivity index (χ4v) is 3.48. The van der Waals surface area contributed by atoms with Crippen LogP contribution in [-0.4, -0.2) is 32.5 Å². The Balaban J connectivity index is 1.80. The number of nitrogens with zero attached hydrogens (tertiary/aromatic N) is 4. The predicted molar refractivity (Wildman–Crippen MR) is 129 cm³/mol. The van der Waals surface area contributed by atoms with Crippen LogP contribution in [0.25, 0.3) is 10.8 Å². The summed E-state index contributed by atoms with van der Waals surface area (Å²) in [7, 11) is 3.29. The van der Waals surface area contributed by atoms with Crippen molar-refractivity contribution in [1.82, 2.24) is 9.78 Å². The molecule has 0 spiro atoms. The summed E-state index contributed by atoms with van der Waals surface area (Å²) in [5.74, 6) is 0.416. The summed E-state index contributed by atoms with van der Waals surface area (Å²) in [6.07, 6.45) is 1.49. The Morgan fingerprint density at radius 2 is 1.85 bits per heavy atom. The van der Waals surface area contributed by atoms with E-state index in [2.05, 4.69) is 29.5 Å². The normalized spacial score (nSPS) is 11.0. The van der Waals surface area contributed by atoms with Crippen LogP contribution in [-0.2, 0) is 11.3 Å². The molecule has 0 unspecified atom stereocenters. The Morgan fingerprint density at radius 3 is 2.58 bits per heavy atom. The number of carbonyl (C=O) groups is 2. The Morgan fingerprint density at radius 1 is 1.12 bits per heavy atom. The number of amides is 2. The van der Waals surface area contributed by atoms with Crippen LogP contribution in [0.2, 0.25) is 0 Å². The van der Waals surface area contributed by atoms with Crippen LogP contribution in [0.3, 0.4) is 0 Å². The number of nitrogens with two attached hydrogens (primary N) is 1. The molecule has 4 aromatic rings. The van der Waals surface area contributed by atoms with Crippen molar-refractivity contribution in [3.63, 3.8) is 0 Å². The molecule has 0 saturated carbocycles. The van der Waals surface area contributed by atoms with E-state index >= 15 is 0 Å². The van der Waals surface area contributed by atoms with E-state index in [9.17, 15) is 14.7 Å². The molecule has 164 valence electrons. The average molecular weight is 458 g/mol. The predicted octanol–water partition coefficient (Wildman–Crippen LogP) is 4.19. The molecule has 0 bridgehead atoms. The van der Waals surface area contributed by atoms with E-state index in [0.29, 0.717) is 22.0 Å². The molecule has 9 nitrogen and oxygen atoms in total. The van der Waals surface area contributed by atoms with Gasteiger partial charge in [0.2, 0.25) is 5.91 Å². The number of hydrogen-bond donors (Lipinski definition) is 3. The molecular formula is C23H19N6O3P. The largest absolute Gasteiger partial charge is 0.505 e. The molecule has 0 radical (unpaired) electrons. The number of aromatic nitrogens is 2. The first-order valence-electron chi connectivity index (χ1n) is 9.85. The first-order chi connectivity index (χ1) is 16.0. The molecule has 0 atom stereocenters. The number of hydrogen-bond acceptors (Lipinski definition) is 6. The van der Waals surface area contributed by atoms with Gasteiger partial charge < -0.3 is 16.2 Å². The maximum atomic E-state index is 12.9. The molecule has 1 aromatic heterocycles. The second kappa shape index (κ2) is 9.42. The quantitative estimate of drug-likeness (QED) is 0.283. The number of anilines is 1. The number of primary amides is 1. The van der Waals surface area contributed by atoms with Gasteiger partial charge in [-0.15, -0.1) is 19.1 Å². The second-order valence-corrected chi connectivity index (χ2v) is 7.34. The molecular weight excluding hydrogens is 439 g/mol. The Labute approximate surface area is 190 Å². The molecule has 0 aliphatic rings. The maximum absolute atomic E-state index is 12.9. The topological polar surface area (TPSA) is 135 Å². The van der Waals surface area contributed by atoms with Crippen molar-refractivity contribution in [3.8, 4) is 5.75 Å². The summed E-state index contributed by atoms with van der Waals surface area (Å²) < 4.78 is 1.29. The number of nitrogens with one attached hydrogen (secondary N) is 1. The summed E-state index contributed by atoms with van der Waals surface area (Å²) in [4.78, 5) is 24.3. The third-order valence-corrected chi connectivity index (χ3v) is 5.13. The molecule has 0 fully saturated rings. The lowest BCUT2D eigenvalue weighted by molar-refractivity contribution is -0.118. The van der Waals surface area contributed by atoms with E-state index in [1.807, 2.05) is 18.2 Å². The third kappa shape index (κ3) is 4.63. The fraction of sp³-hybridized carbons (Fsp3) is 0.0435. The summed E-state index contributed by atoms with van der Waals surface area (Å²) >= 11 is 0. The van der Waals surface area contributed by atoms with E-state index in [1.165, 1.54) is 10.9 Å². The van der Waals surface area contributed by atoms with Gasteiger partial charge in [-0.1, -0.05) is 42.5 Å². The minimum Gasteiger partial charge on any atom is -0.505 e. The minimum atomic E-state index is -0.595. The van der Waals surface area contributed by atoms with E-state index < -0.39 is 11.8 Å². The molecule has 0 aliphatic heterocycles. The van der Waals surface area contributed by atoms with E-state index in [1.54, 1.807) is 48.3 Å². The average Bonchev–Trinajstić information content (AvgIpc) is 3.19. The van der Waals surface area contributed by atoms with Gasteiger partial charge in [-0.3, -0.25) is 9.59 Å². The van der Waals surface area contributed by atoms with Gasteiger partial charge in [-0.2, -0.15) is 5.10 Å². The highest BCUT2D eigenvalue weighted by Crippen LogP contribution is 2.39. The van der Waals surface area contributed by atoms with E-state index in [0.717, 1.165) is 0 Å². The van der Waals surface area contributed by atoms with E-state index in [-0.39, 0.29) is 29.4 Å². The summed E-state index contributed by atoms with van der Waals surface area (Å²) in [6, 6.07) is 17.7.